The third-order valence-electron chi connectivity index (χ3n) is 3.32. The maximum atomic E-state index is 13.3. The first kappa shape index (κ1) is 15.3. The largest absolute Gasteiger partial charge is 0.496 e. The maximum absolute atomic E-state index is 13.3. The molecule has 20 heavy (non-hydrogen) atoms. The Morgan fingerprint density at radius 1 is 1.40 bits per heavy atom. The summed E-state index contributed by atoms with van der Waals surface area (Å²) in [7, 11) is 1.49. The number of ketones is 1. The lowest BCUT2D eigenvalue weighted by Crippen LogP contribution is -2.43. The predicted octanol–water partition coefficient (Wildman–Crippen LogP) is 2.84. The van der Waals surface area contributed by atoms with Crippen LogP contribution < -0.4 is 4.74 Å². The molecule has 2 unspecified atom stereocenters. The van der Waals surface area contributed by atoms with Gasteiger partial charge >= 0.3 is 0 Å². The van der Waals surface area contributed by atoms with Gasteiger partial charge in [-0.2, -0.15) is 11.8 Å². The van der Waals surface area contributed by atoms with E-state index in [2.05, 4.69) is 18.7 Å². The van der Waals surface area contributed by atoms with Crippen LogP contribution in [0.25, 0.3) is 0 Å². The fourth-order valence-corrected chi connectivity index (χ4v) is 3.99. The second-order valence-corrected chi connectivity index (χ2v) is 7.10. The Kier molecular flexibility index (Phi) is 5.05. The highest BCUT2D eigenvalue weighted by molar-refractivity contribution is 8.00. The fourth-order valence-electron chi connectivity index (χ4n) is 2.60. The summed E-state index contributed by atoms with van der Waals surface area (Å²) in [6.07, 6.45) is 0. The zero-order valence-electron chi connectivity index (χ0n) is 12.1. The summed E-state index contributed by atoms with van der Waals surface area (Å²) in [4.78, 5) is 14.5. The number of Topliss-reactive ketones (excluding diaryl/α,β-unsaturated/α-hetero) is 1. The number of carbonyl (C=O) groups excluding carboxylic acids is 1. The summed E-state index contributed by atoms with van der Waals surface area (Å²) in [5.41, 5.74) is 0.325. The van der Waals surface area contributed by atoms with Crippen LogP contribution >= 0.6 is 11.8 Å². The third-order valence-corrected chi connectivity index (χ3v) is 4.55. The minimum atomic E-state index is -0.412. The topological polar surface area (TPSA) is 29.5 Å². The predicted molar refractivity (Wildman–Crippen MR) is 80.2 cm³/mol. The summed E-state index contributed by atoms with van der Waals surface area (Å²) in [6.45, 7) is 6.42. The van der Waals surface area contributed by atoms with Crippen LogP contribution in [0.5, 0.6) is 5.75 Å². The molecule has 0 radical (unpaired) electrons. The van der Waals surface area contributed by atoms with E-state index >= 15 is 0 Å². The Morgan fingerprint density at radius 2 is 2.05 bits per heavy atom. The van der Waals surface area contributed by atoms with E-state index in [0.717, 1.165) is 13.1 Å². The Labute approximate surface area is 123 Å². The zero-order valence-corrected chi connectivity index (χ0v) is 12.9. The van der Waals surface area contributed by atoms with Gasteiger partial charge in [0.05, 0.1) is 19.2 Å². The van der Waals surface area contributed by atoms with Crippen molar-refractivity contribution in [3.8, 4) is 5.75 Å². The van der Waals surface area contributed by atoms with Crippen LogP contribution in [0, 0.1) is 5.82 Å². The number of halogens is 1. The highest BCUT2D eigenvalue weighted by Crippen LogP contribution is 2.26. The van der Waals surface area contributed by atoms with Gasteiger partial charge in [0.2, 0.25) is 0 Å². The van der Waals surface area contributed by atoms with Gasteiger partial charge < -0.3 is 4.74 Å². The van der Waals surface area contributed by atoms with Gasteiger partial charge in [0.15, 0.2) is 5.78 Å². The SMILES string of the molecule is COc1ccc(F)cc1C(=O)CN1CC(C)SC(C)C1. The van der Waals surface area contributed by atoms with Gasteiger partial charge in [0.25, 0.3) is 0 Å². The van der Waals surface area contributed by atoms with E-state index in [1.165, 1.54) is 25.3 Å². The molecule has 0 aliphatic carbocycles. The molecule has 1 aromatic rings. The second kappa shape index (κ2) is 6.59. The molecule has 1 aliphatic heterocycles. The molecule has 2 rings (SSSR count). The lowest BCUT2D eigenvalue weighted by Gasteiger charge is -2.34. The molecule has 1 fully saturated rings. The smallest absolute Gasteiger partial charge is 0.180 e. The lowest BCUT2D eigenvalue weighted by molar-refractivity contribution is 0.0926. The minimum Gasteiger partial charge on any atom is -0.496 e. The molecule has 0 aromatic heterocycles. The molecule has 110 valence electrons. The molecule has 2 atom stereocenters. The van der Waals surface area contributed by atoms with Gasteiger partial charge in [-0.05, 0) is 18.2 Å². The number of nitrogens with zero attached hydrogens (tertiary/aromatic N) is 1. The molecule has 0 amide bonds. The molecule has 1 heterocycles. The molecule has 0 bridgehead atoms. The van der Waals surface area contributed by atoms with Crippen molar-refractivity contribution >= 4 is 17.5 Å². The van der Waals surface area contributed by atoms with Crippen LogP contribution in [0.3, 0.4) is 0 Å². The monoisotopic (exact) mass is 297 g/mol. The van der Waals surface area contributed by atoms with E-state index in [0.29, 0.717) is 28.4 Å². The number of hydrogen-bond donors (Lipinski definition) is 0. The first-order valence-corrected chi connectivity index (χ1v) is 7.68. The fraction of sp³-hybridized carbons (Fsp3) is 0.533. The van der Waals surface area contributed by atoms with E-state index < -0.39 is 5.82 Å². The van der Waals surface area contributed by atoms with Crippen molar-refractivity contribution in [1.29, 1.82) is 0 Å². The summed E-state index contributed by atoms with van der Waals surface area (Å²) < 4.78 is 18.5. The van der Waals surface area contributed by atoms with Crippen molar-refractivity contribution in [2.24, 2.45) is 0 Å². The number of methoxy groups -OCH3 is 1. The average molecular weight is 297 g/mol. The summed E-state index contributed by atoms with van der Waals surface area (Å²) in [6, 6.07) is 4.06. The van der Waals surface area contributed by atoms with Gasteiger partial charge in [0.1, 0.15) is 11.6 Å². The van der Waals surface area contributed by atoms with E-state index in [1.807, 2.05) is 11.8 Å². The molecule has 0 N–H and O–H groups in total. The molecule has 0 saturated carbocycles. The molecule has 5 heteroatoms. The Morgan fingerprint density at radius 3 is 2.65 bits per heavy atom. The third kappa shape index (κ3) is 3.73. The molecule has 1 aromatic carbocycles. The van der Waals surface area contributed by atoms with Gasteiger partial charge in [-0.3, -0.25) is 9.69 Å². The van der Waals surface area contributed by atoms with Crippen molar-refractivity contribution in [3.05, 3.63) is 29.6 Å². The van der Waals surface area contributed by atoms with Crippen molar-refractivity contribution < 1.29 is 13.9 Å². The number of benzene rings is 1. The molecule has 3 nitrogen and oxygen atoms in total. The van der Waals surface area contributed by atoms with Crippen molar-refractivity contribution in [2.75, 3.05) is 26.7 Å². The van der Waals surface area contributed by atoms with Crippen LogP contribution in [-0.2, 0) is 0 Å². The number of carbonyl (C=O) groups is 1. The lowest BCUT2D eigenvalue weighted by atomic mass is 10.1. The summed E-state index contributed by atoms with van der Waals surface area (Å²) >= 11 is 1.94. The van der Waals surface area contributed by atoms with Crippen molar-refractivity contribution in [1.82, 2.24) is 4.90 Å². The van der Waals surface area contributed by atoms with E-state index in [9.17, 15) is 9.18 Å². The maximum Gasteiger partial charge on any atom is 0.180 e. The van der Waals surface area contributed by atoms with E-state index in [-0.39, 0.29) is 5.78 Å². The second-order valence-electron chi connectivity index (χ2n) is 5.22. The summed E-state index contributed by atoms with van der Waals surface area (Å²) in [5, 5.41) is 1.03. The van der Waals surface area contributed by atoms with Gasteiger partial charge in [-0.1, -0.05) is 13.8 Å². The van der Waals surface area contributed by atoms with Crippen LogP contribution in [-0.4, -0.2) is 47.9 Å². The Hall–Kier alpha value is -1.07. The van der Waals surface area contributed by atoms with Crippen molar-refractivity contribution in [3.63, 3.8) is 0 Å². The quantitative estimate of drug-likeness (QED) is 0.799. The summed E-state index contributed by atoms with van der Waals surface area (Å²) in [5.74, 6) is -0.0679. The first-order valence-electron chi connectivity index (χ1n) is 6.74. The molecular formula is C15H20FNO2S. The number of ether oxygens (including phenoxy) is 1. The number of thioether (sulfide) groups is 1. The standard InChI is InChI=1S/C15H20FNO2S/c1-10-7-17(8-11(2)20-10)9-14(18)13-6-12(16)4-5-15(13)19-3/h4-6,10-11H,7-9H2,1-3H3. The number of rotatable bonds is 4. The molecule has 0 spiro atoms. The minimum absolute atomic E-state index is 0.0901. The van der Waals surface area contributed by atoms with Crippen LogP contribution in [0.4, 0.5) is 4.39 Å². The zero-order chi connectivity index (χ0) is 14.7. The molecule has 1 saturated heterocycles. The van der Waals surface area contributed by atoms with Gasteiger partial charge in [0, 0.05) is 23.6 Å². The van der Waals surface area contributed by atoms with Crippen molar-refractivity contribution in [2.45, 2.75) is 24.3 Å². The average Bonchev–Trinajstić information content (AvgIpc) is 2.37. The molecule has 1 aliphatic rings. The highest BCUT2D eigenvalue weighted by Gasteiger charge is 2.25. The highest BCUT2D eigenvalue weighted by atomic mass is 32.2. The van der Waals surface area contributed by atoms with E-state index in [4.69, 9.17) is 4.74 Å². The van der Waals surface area contributed by atoms with Crippen LogP contribution in [0.2, 0.25) is 0 Å². The van der Waals surface area contributed by atoms with Crippen LogP contribution in [0.1, 0.15) is 24.2 Å². The normalized spacial score (nSPS) is 23.6. The number of hydrogen-bond acceptors (Lipinski definition) is 4. The van der Waals surface area contributed by atoms with E-state index in [1.54, 1.807) is 0 Å². The molecular weight excluding hydrogens is 277 g/mol. The van der Waals surface area contributed by atoms with Gasteiger partial charge in [-0.15, -0.1) is 0 Å². The Balaban J connectivity index is 2.10. The van der Waals surface area contributed by atoms with Gasteiger partial charge in [-0.25, -0.2) is 4.39 Å². The Bertz CT molecular complexity index is 485. The van der Waals surface area contributed by atoms with Crippen LogP contribution in [0.15, 0.2) is 18.2 Å². The first-order chi connectivity index (χ1) is 9.49.